The molecule has 2 saturated heterocycles. The summed E-state index contributed by atoms with van der Waals surface area (Å²) < 4.78 is 55.8. The van der Waals surface area contributed by atoms with E-state index in [4.69, 9.17) is 8.37 Å². The molecule has 0 aromatic heterocycles. The van der Waals surface area contributed by atoms with Gasteiger partial charge in [0.05, 0.1) is 24.7 Å². The molecule has 19 heavy (non-hydrogen) atoms. The Bertz CT molecular complexity index is 512. The molecule has 2 atom stereocenters. The van der Waals surface area contributed by atoms with E-state index in [9.17, 15) is 16.8 Å². The smallest absolute Gasteiger partial charge is 0.267 e. The lowest BCUT2D eigenvalue weighted by Crippen LogP contribution is -2.39. The van der Waals surface area contributed by atoms with Crippen molar-refractivity contribution in [2.45, 2.75) is 25.7 Å². The molecule has 2 aliphatic heterocycles. The first-order valence-corrected chi connectivity index (χ1v) is 9.73. The van der Waals surface area contributed by atoms with Crippen LogP contribution in [0.15, 0.2) is 0 Å². The van der Waals surface area contributed by atoms with Crippen molar-refractivity contribution in [3.8, 4) is 0 Å². The van der Waals surface area contributed by atoms with Crippen molar-refractivity contribution in [3.63, 3.8) is 0 Å². The highest BCUT2D eigenvalue weighted by Crippen LogP contribution is 2.53. The van der Waals surface area contributed by atoms with Gasteiger partial charge in [0.15, 0.2) is 0 Å². The zero-order chi connectivity index (χ0) is 13.7. The van der Waals surface area contributed by atoms with Crippen molar-refractivity contribution in [2.24, 2.45) is 17.3 Å². The lowest BCUT2D eigenvalue weighted by atomic mass is 9.67. The Morgan fingerprint density at radius 3 is 1.53 bits per heavy atom. The maximum absolute atomic E-state index is 11.5. The van der Waals surface area contributed by atoms with Crippen molar-refractivity contribution < 1.29 is 25.2 Å². The molecule has 110 valence electrons. The molecule has 0 bridgehead atoms. The fourth-order valence-electron chi connectivity index (χ4n) is 3.90. The van der Waals surface area contributed by atoms with Gasteiger partial charge in [0.25, 0.3) is 20.2 Å². The first kappa shape index (κ1) is 13.8. The Morgan fingerprint density at radius 2 is 1.21 bits per heavy atom. The van der Waals surface area contributed by atoms with Gasteiger partial charge in [-0.1, -0.05) is 12.8 Å². The highest BCUT2D eigenvalue weighted by atomic mass is 32.2. The molecule has 2 heterocycles. The number of rotatable bonds is 2. The average Bonchev–Trinajstić information content (AvgIpc) is 2.97. The molecule has 0 aromatic rings. The Labute approximate surface area is 113 Å². The average molecular weight is 310 g/mol. The van der Waals surface area contributed by atoms with Gasteiger partial charge >= 0.3 is 0 Å². The van der Waals surface area contributed by atoms with Gasteiger partial charge in [0.1, 0.15) is 0 Å². The molecule has 0 aromatic carbocycles. The quantitative estimate of drug-likeness (QED) is 0.690. The highest BCUT2D eigenvalue weighted by molar-refractivity contribution is 7.87. The summed E-state index contributed by atoms with van der Waals surface area (Å²) in [6.45, 7) is 0.387. The molecule has 3 aliphatic rings. The molecule has 3 rings (SSSR count). The van der Waals surface area contributed by atoms with Crippen LogP contribution in [0.1, 0.15) is 25.7 Å². The van der Waals surface area contributed by atoms with Gasteiger partial charge in [0, 0.05) is 11.8 Å². The van der Waals surface area contributed by atoms with Crippen LogP contribution in [-0.4, -0.2) is 41.6 Å². The molecular weight excluding hydrogens is 292 g/mol. The SMILES string of the molecule is O=S1(=O)CC(C2(C3COS(=O)(=O)C3)CCCC2)CO1. The third-order valence-electron chi connectivity index (χ3n) is 4.87. The minimum atomic E-state index is -3.42. The van der Waals surface area contributed by atoms with E-state index in [0.717, 1.165) is 25.7 Å². The molecule has 0 radical (unpaired) electrons. The summed E-state index contributed by atoms with van der Waals surface area (Å²) in [7, 11) is -6.84. The van der Waals surface area contributed by atoms with Crippen LogP contribution >= 0.6 is 0 Å². The van der Waals surface area contributed by atoms with Crippen LogP contribution < -0.4 is 0 Å². The van der Waals surface area contributed by atoms with E-state index in [1.807, 2.05) is 0 Å². The van der Waals surface area contributed by atoms with Crippen LogP contribution in [0.2, 0.25) is 0 Å². The van der Waals surface area contributed by atoms with Crippen molar-refractivity contribution in [3.05, 3.63) is 0 Å². The highest BCUT2D eigenvalue weighted by Gasteiger charge is 2.54. The van der Waals surface area contributed by atoms with Gasteiger partial charge in [-0.3, -0.25) is 8.37 Å². The summed E-state index contributed by atoms with van der Waals surface area (Å²) >= 11 is 0. The first-order chi connectivity index (χ1) is 8.83. The monoisotopic (exact) mass is 310 g/mol. The van der Waals surface area contributed by atoms with E-state index >= 15 is 0 Å². The van der Waals surface area contributed by atoms with Crippen LogP contribution in [0, 0.1) is 17.3 Å². The fourth-order valence-corrected chi connectivity index (χ4v) is 6.68. The van der Waals surface area contributed by atoms with E-state index < -0.39 is 20.2 Å². The second-order valence-electron chi connectivity index (χ2n) is 5.85. The topological polar surface area (TPSA) is 86.7 Å². The zero-order valence-electron chi connectivity index (χ0n) is 10.6. The molecule has 6 nitrogen and oxygen atoms in total. The van der Waals surface area contributed by atoms with Gasteiger partial charge in [-0.05, 0) is 18.3 Å². The van der Waals surface area contributed by atoms with Gasteiger partial charge in [-0.2, -0.15) is 16.8 Å². The molecule has 1 saturated carbocycles. The molecule has 0 spiro atoms. The third kappa shape index (κ3) is 2.43. The maximum Gasteiger partial charge on any atom is 0.267 e. The van der Waals surface area contributed by atoms with E-state index in [1.165, 1.54) is 0 Å². The van der Waals surface area contributed by atoms with Crippen LogP contribution in [0.4, 0.5) is 0 Å². The largest absolute Gasteiger partial charge is 0.270 e. The molecule has 2 unspecified atom stereocenters. The summed E-state index contributed by atoms with van der Waals surface area (Å²) in [6.07, 6.45) is 3.79. The summed E-state index contributed by atoms with van der Waals surface area (Å²) in [4.78, 5) is 0. The lowest BCUT2D eigenvalue weighted by molar-refractivity contribution is 0.0687. The third-order valence-corrected chi connectivity index (χ3v) is 7.48. The van der Waals surface area contributed by atoms with E-state index in [-0.39, 0.29) is 42.0 Å². The van der Waals surface area contributed by atoms with Crippen molar-refractivity contribution >= 4 is 20.2 Å². The maximum atomic E-state index is 11.5. The number of hydrogen-bond donors (Lipinski definition) is 0. The number of hydrogen-bond acceptors (Lipinski definition) is 6. The van der Waals surface area contributed by atoms with Gasteiger partial charge < -0.3 is 0 Å². The van der Waals surface area contributed by atoms with Gasteiger partial charge in [0.2, 0.25) is 0 Å². The van der Waals surface area contributed by atoms with Crippen molar-refractivity contribution in [2.75, 3.05) is 24.7 Å². The van der Waals surface area contributed by atoms with Crippen LogP contribution in [0.3, 0.4) is 0 Å². The Hall–Kier alpha value is -0.180. The Kier molecular flexibility index (Phi) is 3.20. The van der Waals surface area contributed by atoms with Crippen LogP contribution in [-0.2, 0) is 28.6 Å². The molecule has 0 N–H and O–H groups in total. The molecule has 3 fully saturated rings. The van der Waals surface area contributed by atoms with Crippen molar-refractivity contribution in [1.82, 2.24) is 0 Å². The van der Waals surface area contributed by atoms with Crippen LogP contribution in [0.5, 0.6) is 0 Å². The second kappa shape index (κ2) is 4.41. The standard InChI is InChI=1S/C11H18O6S2/c12-18(13)7-9(5-16-18)11(3-1-2-4-11)10-6-17-19(14,15)8-10/h9-10H,1-8H2. The van der Waals surface area contributed by atoms with E-state index in [2.05, 4.69) is 0 Å². The molecule has 0 amide bonds. The molecular formula is C11H18O6S2. The molecule has 1 aliphatic carbocycles. The lowest BCUT2D eigenvalue weighted by Gasteiger charge is -2.38. The summed E-state index contributed by atoms with van der Waals surface area (Å²) in [5, 5.41) is 0. The van der Waals surface area contributed by atoms with Crippen molar-refractivity contribution in [1.29, 1.82) is 0 Å². The normalized spacial score (nSPS) is 39.6. The summed E-state index contributed by atoms with van der Waals surface area (Å²) in [5.74, 6) is -0.156. The minimum absolute atomic E-state index is 0.0174. The van der Waals surface area contributed by atoms with Gasteiger partial charge in [-0.25, -0.2) is 0 Å². The second-order valence-corrected chi connectivity index (χ2v) is 9.22. The fraction of sp³-hybridized carbons (Fsp3) is 1.00. The Morgan fingerprint density at radius 1 is 0.789 bits per heavy atom. The Balaban J connectivity index is 1.88. The first-order valence-electron chi connectivity index (χ1n) is 6.57. The zero-order valence-corrected chi connectivity index (χ0v) is 12.2. The van der Waals surface area contributed by atoms with E-state index in [0.29, 0.717) is 0 Å². The molecule has 8 heteroatoms. The minimum Gasteiger partial charge on any atom is -0.270 e. The van der Waals surface area contributed by atoms with Crippen LogP contribution in [0.25, 0.3) is 0 Å². The van der Waals surface area contributed by atoms with E-state index in [1.54, 1.807) is 0 Å². The predicted octanol–water partition coefficient (Wildman–Crippen LogP) is 0.499. The summed E-state index contributed by atoms with van der Waals surface area (Å²) in [6, 6.07) is 0. The van der Waals surface area contributed by atoms with Gasteiger partial charge in [-0.15, -0.1) is 0 Å². The summed E-state index contributed by atoms with van der Waals surface area (Å²) in [5.41, 5.74) is -0.243. The predicted molar refractivity (Wildman–Crippen MR) is 67.4 cm³/mol.